The van der Waals surface area contributed by atoms with Crippen molar-refractivity contribution in [3.63, 3.8) is 0 Å². The molecule has 0 radical (unpaired) electrons. The largest absolute Gasteiger partial charge is 0.310 e. The molecule has 0 N–H and O–H groups in total. The van der Waals surface area contributed by atoms with Crippen molar-refractivity contribution in [1.29, 1.82) is 0 Å². The highest BCUT2D eigenvalue weighted by atomic mass is 15.1. The van der Waals surface area contributed by atoms with Crippen LogP contribution >= 0.6 is 0 Å². The molecule has 0 aromatic heterocycles. The number of fused-ring (bicyclic) bond motifs is 10. The Hall–Kier alpha value is -6.18. The van der Waals surface area contributed by atoms with E-state index in [0.29, 0.717) is 5.92 Å². The van der Waals surface area contributed by atoms with Crippen molar-refractivity contribution >= 4 is 27.8 Å². The average molecular weight is 802 g/mol. The topological polar surface area (TPSA) is 3.24 Å². The van der Waals surface area contributed by atoms with E-state index in [1.54, 1.807) is 0 Å². The molecule has 8 aromatic carbocycles. The van der Waals surface area contributed by atoms with Gasteiger partial charge in [-0.15, -0.1) is 0 Å². The Balaban J connectivity index is 1.08. The van der Waals surface area contributed by atoms with Gasteiger partial charge in [0.05, 0.1) is 5.69 Å². The van der Waals surface area contributed by atoms with Crippen molar-refractivity contribution in [2.75, 3.05) is 4.90 Å². The van der Waals surface area contributed by atoms with E-state index in [1.165, 1.54) is 143 Å². The first kappa shape index (κ1) is 37.6. The molecule has 0 spiro atoms. The molecule has 1 fully saturated rings. The predicted molar refractivity (Wildman–Crippen MR) is 263 cm³/mol. The molecule has 0 unspecified atom stereocenters. The zero-order chi connectivity index (χ0) is 42.1. The third-order valence-corrected chi connectivity index (χ3v) is 15.8. The second-order valence-electron chi connectivity index (χ2n) is 20.4. The monoisotopic (exact) mass is 801 g/mol. The van der Waals surface area contributed by atoms with Gasteiger partial charge in [-0.2, -0.15) is 0 Å². The summed E-state index contributed by atoms with van der Waals surface area (Å²) in [4.78, 5) is 2.58. The Labute approximate surface area is 368 Å². The normalized spacial score (nSPS) is 17.2. The fourth-order valence-electron chi connectivity index (χ4n) is 12.4. The van der Waals surface area contributed by atoms with Crippen LogP contribution in [-0.2, 0) is 16.2 Å². The van der Waals surface area contributed by atoms with Crippen LogP contribution in [0.3, 0.4) is 0 Å². The molecule has 0 bridgehead atoms. The zero-order valence-electron chi connectivity index (χ0n) is 37.1. The highest BCUT2D eigenvalue weighted by Crippen LogP contribution is 2.56. The van der Waals surface area contributed by atoms with Crippen LogP contribution in [0.5, 0.6) is 0 Å². The van der Waals surface area contributed by atoms with Crippen LogP contribution in [0, 0.1) is 0 Å². The van der Waals surface area contributed by atoms with Crippen LogP contribution in [-0.4, -0.2) is 0 Å². The van der Waals surface area contributed by atoms with Crippen LogP contribution in [0.1, 0.15) is 119 Å². The van der Waals surface area contributed by atoms with Crippen LogP contribution in [0.15, 0.2) is 158 Å². The van der Waals surface area contributed by atoms with Crippen LogP contribution in [0.25, 0.3) is 55.3 Å². The first-order valence-corrected chi connectivity index (χ1v) is 23.1. The van der Waals surface area contributed by atoms with Gasteiger partial charge in [-0.25, -0.2) is 0 Å². The van der Waals surface area contributed by atoms with Crippen molar-refractivity contribution < 1.29 is 0 Å². The van der Waals surface area contributed by atoms with E-state index < -0.39 is 0 Å². The highest BCUT2D eigenvalue weighted by molar-refractivity contribution is 6.00. The third-order valence-electron chi connectivity index (χ3n) is 15.8. The van der Waals surface area contributed by atoms with E-state index in [-0.39, 0.29) is 16.2 Å². The molecular formula is C61H55N. The molecule has 0 atom stereocenters. The van der Waals surface area contributed by atoms with E-state index in [0.717, 1.165) is 0 Å². The number of benzene rings is 8. The molecule has 0 saturated heterocycles. The second-order valence-corrected chi connectivity index (χ2v) is 20.4. The van der Waals surface area contributed by atoms with Crippen LogP contribution in [0.2, 0.25) is 0 Å². The van der Waals surface area contributed by atoms with Gasteiger partial charge in [-0.05, 0) is 150 Å². The molecule has 1 saturated carbocycles. The minimum atomic E-state index is -0.134. The Morgan fingerprint density at radius 2 is 0.871 bits per heavy atom. The van der Waals surface area contributed by atoms with Gasteiger partial charge in [0, 0.05) is 33.2 Å². The number of hydrogen-bond donors (Lipinski definition) is 0. The lowest BCUT2D eigenvalue weighted by atomic mass is 9.79. The summed E-state index contributed by atoms with van der Waals surface area (Å²) in [7, 11) is 0. The molecule has 62 heavy (non-hydrogen) atoms. The Morgan fingerprint density at radius 3 is 1.60 bits per heavy atom. The second kappa shape index (κ2) is 13.4. The van der Waals surface area contributed by atoms with Crippen molar-refractivity contribution in [2.45, 2.75) is 95.8 Å². The quantitative estimate of drug-likeness (QED) is 0.168. The van der Waals surface area contributed by atoms with Crippen molar-refractivity contribution in [2.24, 2.45) is 0 Å². The smallest absolute Gasteiger partial charge is 0.0546 e. The SMILES string of the molecule is CC1(C)c2ccccc2-c2cc(N(c3ccc4c(c3)C(C)(C)c3cc(C5CCCCC5)ccc3-4)c3cc4ccccc4cc3-c3ccc4c(c3)C(C)(C)c3ccccc3-4)ccc21. The van der Waals surface area contributed by atoms with Crippen molar-refractivity contribution in [3.05, 3.63) is 197 Å². The summed E-state index contributed by atoms with van der Waals surface area (Å²) in [6, 6.07) is 61.1. The molecule has 0 amide bonds. The molecule has 304 valence electrons. The molecule has 12 rings (SSSR count). The predicted octanol–water partition coefficient (Wildman–Crippen LogP) is 16.9. The first-order valence-electron chi connectivity index (χ1n) is 23.1. The lowest BCUT2D eigenvalue weighted by Crippen LogP contribution is -2.18. The lowest BCUT2D eigenvalue weighted by Gasteiger charge is -2.31. The molecular weight excluding hydrogens is 747 g/mol. The Kier molecular flexibility index (Phi) is 8.13. The third kappa shape index (κ3) is 5.40. The van der Waals surface area contributed by atoms with Gasteiger partial charge < -0.3 is 4.90 Å². The summed E-state index contributed by atoms with van der Waals surface area (Å²) in [6.45, 7) is 14.4. The van der Waals surface area contributed by atoms with E-state index in [1.807, 2.05) is 0 Å². The maximum absolute atomic E-state index is 2.58. The summed E-state index contributed by atoms with van der Waals surface area (Å²) in [5.74, 6) is 0.680. The lowest BCUT2D eigenvalue weighted by molar-refractivity contribution is 0.443. The minimum absolute atomic E-state index is 0.0714. The molecule has 4 aliphatic carbocycles. The molecule has 4 aliphatic rings. The van der Waals surface area contributed by atoms with E-state index >= 15 is 0 Å². The van der Waals surface area contributed by atoms with Gasteiger partial charge in [0.15, 0.2) is 0 Å². The standard InChI is InChI=1S/C61H55N/c1-59(2)53-23-15-13-21-46(53)51-36-43(27-31-54(51)59)62(44-26-30-49-48-28-24-41(38-16-8-7-9-17-38)33-55(48)61(5,6)57(49)37-44)58-35-40-19-11-10-18-39(40)32-50(58)42-25-29-47-45-20-12-14-22-52(45)60(3,4)56(47)34-42/h10-15,18-38H,7-9,16-17H2,1-6H3. The summed E-state index contributed by atoms with van der Waals surface area (Å²) >= 11 is 0. The summed E-state index contributed by atoms with van der Waals surface area (Å²) in [6.07, 6.45) is 6.71. The fourth-order valence-corrected chi connectivity index (χ4v) is 12.4. The Bertz CT molecular complexity index is 3150. The Morgan fingerprint density at radius 1 is 0.371 bits per heavy atom. The average Bonchev–Trinajstić information content (AvgIpc) is 3.78. The van der Waals surface area contributed by atoms with E-state index in [4.69, 9.17) is 0 Å². The van der Waals surface area contributed by atoms with E-state index in [9.17, 15) is 0 Å². The van der Waals surface area contributed by atoms with Gasteiger partial charge in [-0.1, -0.05) is 176 Å². The van der Waals surface area contributed by atoms with Crippen LogP contribution < -0.4 is 4.90 Å². The molecule has 0 aliphatic heterocycles. The van der Waals surface area contributed by atoms with Crippen molar-refractivity contribution in [1.82, 2.24) is 0 Å². The van der Waals surface area contributed by atoms with Gasteiger partial charge in [0.25, 0.3) is 0 Å². The number of anilines is 3. The maximum atomic E-state index is 2.58. The highest BCUT2D eigenvalue weighted by Gasteiger charge is 2.39. The molecule has 0 heterocycles. The first-order chi connectivity index (χ1) is 30.0. The van der Waals surface area contributed by atoms with Gasteiger partial charge in [0.1, 0.15) is 0 Å². The number of rotatable bonds is 5. The number of hydrogen-bond acceptors (Lipinski definition) is 1. The fraction of sp³-hybridized carbons (Fsp3) is 0.246. The minimum Gasteiger partial charge on any atom is -0.310 e. The molecule has 8 aromatic rings. The summed E-state index contributed by atoms with van der Waals surface area (Å²) in [5.41, 5.74) is 23.9. The van der Waals surface area contributed by atoms with E-state index in [2.05, 4.69) is 204 Å². The van der Waals surface area contributed by atoms with Gasteiger partial charge in [0.2, 0.25) is 0 Å². The maximum Gasteiger partial charge on any atom is 0.0546 e. The summed E-state index contributed by atoms with van der Waals surface area (Å²) < 4.78 is 0. The van der Waals surface area contributed by atoms with Gasteiger partial charge in [-0.3, -0.25) is 0 Å². The summed E-state index contributed by atoms with van der Waals surface area (Å²) in [5, 5.41) is 2.49. The zero-order valence-corrected chi connectivity index (χ0v) is 37.1. The van der Waals surface area contributed by atoms with Crippen LogP contribution in [0.4, 0.5) is 17.1 Å². The van der Waals surface area contributed by atoms with Gasteiger partial charge >= 0.3 is 0 Å². The number of nitrogens with zero attached hydrogens (tertiary/aromatic N) is 1. The van der Waals surface area contributed by atoms with Crippen molar-refractivity contribution in [3.8, 4) is 44.5 Å². The molecule has 1 nitrogen and oxygen atoms in total. The molecule has 1 heteroatoms.